The number of fused-ring (bicyclic) bond motifs is 6. The summed E-state index contributed by atoms with van der Waals surface area (Å²) in [6.45, 7) is 0. The first-order valence-corrected chi connectivity index (χ1v) is 17.6. The summed E-state index contributed by atoms with van der Waals surface area (Å²) in [5.41, 5.74) is 4.72. The number of hydrogen-bond acceptors (Lipinski definition) is 6. The fourth-order valence-electron chi connectivity index (χ4n) is 5.81. The van der Waals surface area contributed by atoms with Gasteiger partial charge in [-0.1, -0.05) is 108 Å². The molecule has 6 aromatic heterocycles. The first-order valence-electron chi connectivity index (χ1n) is 17.6. The summed E-state index contributed by atoms with van der Waals surface area (Å²) in [5, 5.41) is 4.43. The van der Waals surface area contributed by atoms with Gasteiger partial charge in [-0.25, -0.2) is 0 Å². The molecule has 0 fully saturated rings. The largest absolute Gasteiger partial charge is 2.00 e. The van der Waals surface area contributed by atoms with E-state index in [1.54, 1.807) is 63.0 Å². The monoisotopic (exact) mass is 1160 g/mol. The molecule has 0 atom stereocenters. The number of hydrogen-bond donors (Lipinski definition) is 0. The van der Waals surface area contributed by atoms with Crippen LogP contribution in [-0.2, 0) is 42.1 Å². The maximum Gasteiger partial charge on any atom is 2.00 e. The minimum atomic E-state index is -0.649. The number of ether oxygens (including phenoxy) is 2. The third kappa shape index (κ3) is 10.7. The second kappa shape index (κ2) is 21.2. The number of nitrogens with zero attached hydrogens (tertiary/aromatic N) is 6. The molecule has 0 aliphatic rings. The fraction of sp³-hybridized carbons (Fsp3) is 0.0435. The van der Waals surface area contributed by atoms with Crippen LogP contribution in [0.15, 0.2) is 146 Å². The molecule has 0 unspecified atom stereocenters. The maximum atomic E-state index is 13.2. The van der Waals surface area contributed by atoms with Crippen molar-refractivity contribution in [2.24, 2.45) is 0 Å². The van der Waals surface area contributed by atoms with Gasteiger partial charge in [-0.3, -0.25) is 17.6 Å². The van der Waals surface area contributed by atoms with E-state index in [-0.39, 0.29) is 53.3 Å². The molecule has 10 aromatic rings. The quantitative estimate of drug-likeness (QED) is 0.127. The predicted octanol–water partition coefficient (Wildman–Crippen LogP) is 10.4. The number of methoxy groups -OCH3 is 2. The van der Waals surface area contributed by atoms with Gasteiger partial charge in [0.05, 0.1) is 14.2 Å². The Morgan fingerprint density at radius 2 is 0.883 bits per heavy atom. The van der Waals surface area contributed by atoms with E-state index in [1.807, 2.05) is 60.7 Å². The van der Waals surface area contributed by atoms with Gasteiger partial charge in [0.2, 0.25) is 0 Å². The van der Waals surface area contributed by atoms with Crippen molar-refractivity contribution in [1.29, 1.82) is 0 Å². The number of halogens is 4. The number of aromatic nitrogens is 6. The molecule has 0 saturated carbocycles. The number of pyridine rings is 4. The molecule has 6 heterocycles. The van der Waals surface area contributed by atoms with Gasteiger partial charge in [0.15, 0.2) is 0 Å². The van der Waals surface area contributed by atoms with Crippen LogP contribution in [0, 0.1) is 35.4 Å². The second-order valence-corrected chi connectivity index (χ2v) is 12.2. The fourth-order valence-corrected chi connectivity index (χ4v) is 5.81. The molecule has 8 nitrogen and oxygen atoms in total. The molecule has 0 aliphatic heterocycles. The molecule has 0 spiro atoms. The molecule has 0 saturated heterocycles. The first-order chi connectivity index (χ1) is 28.3. The van der Waals surface area contributed by atoms with Crippen LogP contribution >= 0.6 is 0 Å². The van der Waals surface area contributed by atoms with E-state index >= 15 is 0 Å². The second-order valence-electron chi connectivity index (χ2n) is 12.2. The van der Waals surface area contributed by atoms with Crippen LogP contribution in [0.5, 0.6) is 11.8 Å². The third-order valence-corrected chi connectivity index (χ3v) is 8.52. The first kappa shape index (κ1) is 44.9. The average molecular weight is 1160 g/mol. The minimum absolute atomic E-state index is 0. The molecule has 0 N–H and O–H groups in total. The van der Waals surface area contributed by atoms with Crippen LogP contribution in [0.3, 0.4) is 0 Å². The maximum absolute atomic E-state index is 13.2. The van der Waals surface area contributed by atoms with Crippen LogP contribution in [-0.4, -0.2) is 34.2 Å². The van der Waals surface area contributed by atoms with E-state index in [2.05, 4.69) is 54.2 Å². The Morgan fingerprint density at radius 3 is 1.25 bits per heavy atom. The van der Waals surface area contributed by atoms with Crippen LogP contribution in [0.2, 0.25) is 0 Å². The van der Waals surface area contributed by atoms with Crippen molar-refractivity contribution in [1.82, 2.24) is 29.9 Å². The van der Waals surface area contributed by atoms with Crippen LogP contribution < -0.4 is 19.4 Å². The normalized spacial score (nSPS) is 10.2. The zero-order chi connectivity index (χ0) is 40.4. The molecule has 304 valence electrons. The van der Waals surface area contributed by atoms with E-state index in [0.29, 0.717) is 23.1 Å². The summed E-state index contributed by atoms with van der Waals surface area (Å²) in [4.78, 5) is 25.4. The zero-order valence-corrected chi connectivity index (χ0v) is 36.0. The molecule has 10 rings (SSSR count). The van der Waals surface area contributed by atoms with Gasteiger partial charge in [-0.05, 0) is 79.5 Å². The zero-order valence-electron chi connectivity index (χ0n) is 31.5. The van der Waals surface area contributed by atoms with Gasteiger partial charge in [-0.15, -0.1) is 24.3 Å². The number of rotatable bonds is 4. The average Bonchev–Trinajstić information content (AvgIpc) is 3.82. The Morgan fingerprint density at radius 1 is 0.483 bits per heavy atom. The molecule has 4 aromatic carbocycles. The smallest absolute Gasteiger partial charge is 0.500 e. The van der Waals surface area contributed by atoms with Crippen LogP contribution in [0.25, 0.3) is 66.4 Å². The molecule has 0 amide bonds. The van der Waals surface area contributed by atoms with E-state index in [9.17, 15) is 17.6 Å². The Bertz CT molecular complexity index is 2750. The Kier molecular flexibility index (Phi) is 15.8. The van der Waals surface area contributed by atoms with Gasteiger partial charge in [-0.2, -0.15) is 0 Å². The standard InChI is InChI=1S/2C12H9N2O.2C11H6F2N.2Pt/c2*1-15-11-7-6-9-8-4-2-3-5-10(8)13-12(9)14-11;2*12-8-4-5-9(10(13)7-8)11-3-1-2-6-14-11;;/h2*2-7H,1H3;2*1-4,6-7H;;/q4*-1;2*+2. The van der Waals surface area contributed by atoms with Gasteiger partial charge in [0, 0.05) is 35.7 Å². The van der Waals surface area contributed by atoms with E-state index in [0.717, 1.165) is 68.1 Å². The van der Waals surface area contributed by atoms with E-state index in [4.69, 9.17) is 9.47 Å². The van der Waals surface area contributed by atoms with Crippen LogP contribution in [0.1, 0.15) is 0 Å². The molecule has 0 bridgehead atoms. The van der Waals surface area contributed by atoms with Crippen molar-refractivity contribution in [2.75, 3.05) is 14.2 Å². The van der Waals surface area contributed by atoms with Crippen molar-refractivity contribution < 1.29 is 69.2 Å². The molecule has 0 radical (unpaired) electrons. The Labute approximate surface area is 370 Å². The summed E-state index contributed by atoms with van der Waals surface area (Å²) < 4.78 is 61.7. The van der Waals surface area contributed by atoms with Crippen molar-refractivity contribution in [3.63, 3.8) is 0 Å². The van der Waals surface area contributed by atoms with E-state index < -0.39 is 23.3 Å². The summed E-state index contributed by atoms with van der Waals surface area (Å²) in [7, 11) is 3.22. The molecular weight excluding hydrogens is 1130 g/mol. The van der Waals surface area contributed by atoms with Gasteiger partial charge < -0.3 is 39.4 Å². The number of para-hydroxylation sites is 2. The summed E-state index contributed by atoms with van der Waals surface area (Å²) >= 11 is 0. The SMILES string of the molecule is COc1ccc2c(n1)[n-]c1ccccc12.COc1ccc2c(n1)[n-]c1ccccc12.Fc1c[c-]c(-c2ccccn2)c(F)c1.Fc1c[c-]c(-c2ccccn2)c(F)c1.[Pt+2].[Pt+2]. The molecule has 60 heavy (non-hydrogen) atoms. The van der Waals surface area contributed by atoms with Crippen molar-refractivity contribution in [2.45, 2.75) is 0 Å². The molecular formula is C46H30F4N6O2Pt2. The topological polar surface area (TPSA) is 98.2 Å². The van der Waals surface area contributed by atoms with Crippen molar-refractivity contribution >= 4 is 43.9 Å². The minimum Gasteiger partial charge on any atom is -0.500 e. The summed E-state index contributed by atoms with van der Waals surface area (Å²) in [5.74, 6) is -1.37. The third-order valence-electron chi connectivity index (χ3n) is 8.52. The summed E-state index contributed by atoms with van der Waals surface area (Å²) in [6, 6.07) is 42.8. The molecule has 0 aliphatic carbocycles. The van der Waals surface area contributed by atoms with Crippen molar-refractivity contribution in [3.8, 4) is 34.3 Å². The van der Waals surface area contributed by atoms with Gasteiger partial charge >= 0.3 is 42.1 Å². The van der Waals surface area contributed by atoms with Gasteiger partial charge in [0.1, 0.15) is 11.8 Å². The van der Waals surface area contributed by atoms with Crippen LogP contribution in [0.4, 0.5) is 17.6 Å². The number of benzene rings is 4. The Balaban J connectivity index is 0.000000150. The Hall–Kier alpha value is -6.22. The predicted molar refractivity (Wildman–Crippen MR) is 215 cm³/mol. The summed E-state index contributed by atoms with van der Waals surface area (Å²) in [6.07, 6.45) is 3.10. The van der Waals surface area contributed by atoms with Crippen molar-refractivity contribution in [3.05, 3.63) is 181 Å². The van der Waals surface area contributed by atoms with E-state index in [1.165, 1.54) is 0 Å². The molecule has 14 heteroatoms. The van der Waals surface area contributed by atoms with Gasteiger partial charge in [0.25, 0.3) is 0 Å².